The first-order valence-corrected chi connectivity index (χ1v) is 15.6. The van der Waals surface area contributed by atoms with E-state index in [1.807, 2.05) is 0 Å². The van der Waals surface area contributed by atoms with Gasteiger partial charge in [0.15, 0.2) is 24.6 Å². The molecule has 1 aromatic rings. The Labute approximate surface area is 288 Å². The summed E-state index contributed by atoms with van der Waals surface area (Å²) in [6, 6.07) is 4.72. The lowest BCUT2D eigenvalue weighted by Crippen LogP contribution is -2.65. The maximum absolute atomic E-state index is 13.6. The van der Waals surface area contributed by atoms with Crippen LogP contribution in [-0.4, -0.2) is 109 Å². The van der Waals surface area contributed by atoms with Gasteiger partial charge in [0.2, 0.25) is 23.6 Å². The molecule has 50 heavy (non-hydrogen) atoms. The SMILES string of the molecule is CC(=O)N[C@@H](Cc1ccccc1)C(=O)N[C@H](C(=O)N[C@H](C)C(N)=O)[C@@H](C)O[C@@H]1O[C@H](COC(C)=O)[C@H](OC(C)=O)[C@H](OC(C)=O)[C@H]1OC(C)=O. The van der Waals surface area contributed by atoms with Gasteiger partial charge in [-0.15, -0.1) is 0 Å². The first kappa shape index (κ1) is 41.1. The van der Waals surface area contributed by atoms with Gasteiger partial charge in [-0.2, -0.15) is 0 Å². The van der Waals surface area contributed by atoms with E-state index in [2.05, 4.69) is 16.0 Å². The van der Waals surface area contributed by atoms with E-state index in [0.717, 1.165) is 27.7 Å². The number of ether oxygens (including phenoxy) is 6. The van der Waals surface area contributed by atoms with Crippen molar-refractivity contribution in [3.8, 4) is 0 Å². The highest BCUT2D eigenvalue weighted by Gasteiger charge is 2.53. The minimum Gasteiger partial charge on any atom is -0.463 e. The lowest BCUT2D eigenvalue weighted by Gasteiger charge is -2.45. The summed E-state index contributed by atoms with van der Waals surface area (Å²) in [5.74, 6) is -6.53. The molecule has 0 spiro atoms. The van der Waals surface area contributed by atoms with E-state index in [1.165, 1.54) is 20.8 Å². The van der Waals surface area contributed by atoms with Gasteiger partial charge in [0.25, 0.3) is 0 Å². The van der Waals surface area contributed by atoms with Crippen LogP contribution in [0.1, 0.15) is 54.0 Å². The monoisotopic (exact) mass is 708 g/mol. The third kappa shape index (κ3) is 13.1. The Morgan fingerprint density at radius 3 is 1.82 bits per heavy atom. The van der Waals surface area contributed by atoms with E-state index in [9.17, 15) is 38.4 Å². The molecule has 1 aliphatic heterocycles. The largest absolute Gasteiger partial charge is 0.463 e. The normalized spacial score (nSPS) is 22.3. The van der Waals surface area contributed by atoms with Crippen molar-refractivity contribution >= 4 is 47.5 Å². The fourth-order valence-corrected chi connectivity index (χ4v) is 4.92. The first-order valence-electron chi connectivity index (χ1n) is 15.6. The van der Waals surface area contributed by atoms with Crippen molar-refractivity contribution in [2.24, 2.45) is 5.73 Å². The molecule has 1 heterocycles. The van der Waals surface area contributed by atoms with Crippen LogP contribution in [0, 0.1) is 0 Å². The molecule has 9 atom stereocenters. The Morgan fingerprint density at radius 1 is 0.740 bits per heavy atom. The lowest BCUT2D eigenvalue weighted by atomic mass is 9.97. The van der Waals surface area contributed by atoms with Crippen molar-refractivity contribution in [1.82, 2.24) is 16.0 Å². The Hall–Kier alpha value is -5.10. The number of primary amides is 1. The number of carbonyl (C=O) groups excluding carboxylic acids is 8. The quantitative estimate of drug-likeness (QED) is 0.115. The van der Waals surface area contributed by atoms with Crippen LogP contribution in [0.15, 0.2) is 30.3 Å². The molecule has 0 radical (unpaired) electrons. The third-order valence-electron chi connectivity index (χ3n) is 7.11. The fourth-order valence-electron chi connectivity index (χ4n) is 4.92. The maximum atomic E-state index is 13.6. The second kappa shape index (κ2) is 19.2. The van der Waals surface area contributed by atoms with Crippen molar-refractivity contribution in [2.75, 3.05) is 6.61 Å². The van der Waals surface area contributed by atoms with Crippen molar-refractivity contribution in [1.29, 1.82) is 0 Å². The molecular weight excluding hydrogens is 664 g/mol. The summed E-state index contributed by atoms with van der Waals surface area (Å²) >= 11 is 0. The number of hydrogen-bond acceptors (Lipinski definition) is 14. The van der Waals surface area contributed by atoms with Crippen molar-refractivity contribution in [3.63, 3.8) is 0 Å². The number of hydrogen-bond donors (Lipinski definition) is 4. The molecule has 1 fully saturated rings. The van der Waals surface area contributed by atoms with Crippen molar-refractivity contribution in [3.05, 3.63) is 35.9 Å². The molecule has 4 amide bonds. The molecule has 18 heteroatoms. The molecule has 5 N–H and O–H groups in total. The highest BCUT2D eigenvalue weighted by atomic mass is 16.7. The van der Waals surface area contributed by atoms with Gasteiger partial charge >= 0.3 is 23.9 Å². The smallest absolute Gasteiger partial charge is 0.303 e. The predicted molar refractivity (Wildman–Crippen MR) is 169 cm³/mol. The minimum absolute atomic E-state index is 0.0349. The van der Waals surface area contributed by atoms with E-state index in [0.29, 0.717) is 5.56 Å². The zero-order valence-electron chi connectivity index (χ0n) is 28.8. The average molecular weight is 709 g/mol. The molecule has 1 aromatic carbocycles. The molecule has 0 aromatic heterocycles. The predicted octanol–water partition coefficient (Wildman–Crippen LogP) is -1.30. The second-order valence-electron chi connectivity index (χ2n) is 11.5. The van der Waals surface area contributed by atoms with Gasteiger partial charge in [-0.3, -0.25) is 38.4 Å². The molecule has 0 saturated carbocycles. The van der Waals surface area contributed by atoms with Crippen LogP contribution < -0.4 is 21.7 Å². The van der Waals surface area contributed by atoms with Crippen LogP contribution in [0.5, 0.6) is 0 Å². The van der Waals surface area contributed by atoms with Gasteiger partial charge in [-0.25, -0.2) is 0 Å². The van der Waals surface area contributed by atoms with Gasteiger partial charge in [-0.1, -0.05) is 30.3 Å². The van der Waals surface area contributed by atoms with Gasteiger partial charge in [0, 0.05) is 41.0 Å². The standard InChI is InChI=1S/C32H44N4O14/c1-15(29(33)42)34-31(44)25(36-30(43)23(35-17(3)37)13-22-11-9-8-10-12-22)16(2)46-32-28(49-21(7)41)27(48-20(6)40)26(47-19(5)39)24(50-32)14-45-18(4)38/h8-12,15-16,23-28,32H,13-14H2,1-7H3,(H2,33,42)(H,34,44)(H,35,37)(H,36,43)/t15-,16-,23+,24-,25+,26+,27+,28-,32-/m1/s1. The number of esters is 4. The van der Waals surface area contributed by atoms with Crippen LogP contribution >= 0.6 is 0 Å². The van der Waals surface area contributed by atoms with Crippen molar-refractivity contribution < 1.29 is 66.8 Å². The number of benzene rings is 1. The molecule has 0 bridgehead atoms. The molecule has 18 nitrogen and oxygen atoms in total. The van der Waals surface area contributed by atoms with E-state index in [1.54, 1.807) is 30.3 Å². The number of nitrogens with two attached hydrogens (primary N) is 1. The van der Waals surface area contributed by atoms with E-state index >= 15 is 0 Å². The Balaban J connectivity index is 2.55. The summed E-state index contributed by atoms with van der Waals surface area (Å²) in [5, 5.41) is 7.45. The Kier molecular flexibility index (Phi) is 15.8. The topological polar surface area (TPSA) is 254 Å². The third-order valence-corrected chi connectivity index (χ3v) is 7.11. The van der Waals surface area contributed by atoms with Crippen LogP contribution in [0.2, 0.25) is 0 Å². The maximum Gasteiger partial charge on any atom is 0.303 e. The highest BCUT2D eigenvalue weighted by Crippen LogP contribution is 2.31. The van der Waals surface area contributed by atoms with Gasteiger partial charge in [0.1, 0.15) is 30.8 Å². The molecule has 0 unspecified atom stereocenters. The van der Waals surface area contributed by atoms with Gasteiger partial charge in [-0.05, 0) is 19.4 Å². The van der Waals surface area contributed by atoms with Crippen LogP contribution in [0.4, 0.5) is 0 Å². The minimum atomic E-state index is -1.71. The van der Waals surface area contributed by atoms with Gasteiger partial charge in [0.05, 0.1) is 6.10 Å². The zero-order valence-corrected chi connectivity index (χ0v) is 28.8. The summed E-state index contributed by atoms with van der Waals surface area (Å²) in [7, 11) is 0. The Morgan fingerprint density at radius 2 is 1.30 bits per heavy atom. The molecular formula is C32H44N4O14. The van der Waals surface area contributed by atoms with E-state index in [4.69, 9.17) is 34.2 Å². The fraction of sp³-hybridized carbons (Fsp3) is 0.562. The lowest BCUT2D eigenvalue weighted by molar-refractivity contribution is -0.316. The number of amides is 4. The molecule has 276 valence electrons. The highest BCUT2D eigenvalue weighted by molar-refractivity contribution is 5.94. The summed E-state index contributed by atoms with van der Waals surface area (Å²) in [5.41, 5.74) is 6.02. The summed E-state index contributed by atoms with van der Waals surface area (Å²) in [6.07, 6.45) is -9.10. The van der Waals surface area contributed by atoms with E-state index < -0.39 is 109 Å². The average Bonchev–Trinajstić information content (AvgIpc) is 3.00. The van der Waals surface area contributed by atoms with Crippen LogP contribution in [0.25, 0.3) is 0 Å². The number of nitrogens with one attached hydrogen (secondary N) is 3. The summed E-state index contributed by atoms with van der Waals surface area (Å²) < 4.78 is 33.3. The van der Waals surface area contributed by atoms with Gasteiger partial charge < -0.3 is 50.1 Å². The summed E-state index contributed by atoms with van der Waals surface area (Å²) in [4.78, 5) is 99.1. The van der Waals surface area contributed by atoms with Crippen LogP contribution in [0.3, 0.4) is 0 Å². The molecule has 2 rings (SSSR count). The Bertz CT molecular complexity index is 1410. The second-order valence-corrected chi connectivity index (χ2v) is 11.5. The zero-order chi connectivity index (χ0) is 37.7. The molecule has 0 aliphatic carbocycles. The number of carbonyl (C=O) groups is 8. The summed E-state index contributed by atoms with van der Waals surface area (Å²) in [6.45, 7) is 7.55. The molecule has 1 aliphatic rings. The van der Waals surface area contributed by atoms with Crippen molar-refractivity contribution in [2.45, 2.75) is 110 Å². The van der Waals surface area contributed by atoms with Crippen LogP contribution in [-0.2, 0) is 73.2 Å². The van der Waals surface area contributed by atoms with E-state index in [-0.39, 0.29) is 6.42 Å². The molecule has 1 saturated heterocycles. The number of rotatable bonds is 16. The first-order chi connectivity index (χ1) is 23.4.